The molecule has 0 bridgehead atoms. The summed E-state index contributed by atoms with van der Waals surface area (Å²) in [5, 5.41) is 8.17. The van der Waals surface area contributed by atoms with E-state index in [2.05, 4.69) is 58.2 Å². The molecule has 19 heavy (non-hydrogen) atoms. The summed E-state index contributed by atoms with van der Waals surface area (Å²) in [5.74, 6) is 2.03. The van der Waals surface area contributed by atoms with Gasteiger partial charge in [-0.15, -0.1) is 0 Å². The van der Waals surface area contributed by atoms with Crippen LogP contribution in [0.4, 0.5) is 0 Å². The molecule has 1 aromatic heterocycles. The van der Waals surface area contributed by atoms with E-state index in [1.807, 2.05) is 0 Å². The van der Waals surface area contributed by atoms with Crippen LogP contribution in [0.5, 0.6) is 0 Å². The summed E-state index contributed by atoms with van der Waals surface area (Å²) in [4.78, 5) is 4.62. The van der Waals surface area contributed by atoms with Gasteiger partial charge in [0.2, 0.25) is 0 Å². The zero-order chi connectivity index (χ0) is 13.2. The number of benzene rings is 1. The molecule has 0 saturated carbocycles. The predicted octanol–water partition coefficient (Wildman–Crippen LogP) is 2.10. The minimum atomic E-state index is 0.271. The second kappa shape index (κ2) is 5.13. The zero-order valence-electron chi connectivity index (χ0n) is 11.6. The molecule has 2 heterocycles. The summed E-state index contributed by atoms with van der Waals surface area (Å²) in [5.41, 5.74) is 2.75. The Morgan fingerprint density at radius 2 is 2.11 bits per heavy atom. The van der Waals surface area contributed by atoms with Gasteiger partial charge in [0.05, 0.1) is 6.04 Å². The first-order valence-electron chi connectivity index (χ1n) is 7.06. The minimum absolute atomic E-state index is 0.271. The van der Waals surface area contributed by atoms with Crippen molar-refractivity contribution in [1.82, 2.24) is 20.1 Å². The van der Waals surface area contributed by atoms with Crippen molar-refractivity contribution in [3.05, 3.63) is 47.0 Å². The maximum atomic E-state index is 4.69. The van der Waals surface area contributed by atoms with Gasteiger partial charge in [0.15, 0.2) is 5.82 Å². The number of hydrogen-bond donors (Lipinski definition) is 1. The second-order valence-electron chi connectivity index (χ2n) is 4.94. The van der Waals surface area contributed by atoms with Gasteiger partial charge in [0.25, 0.3) is 0 Å². The van der Waals surface area contributed by atoms with Crippen molar-refractivity contribution in [1.29, 1.82) is 0 Å². The van der Waals surface area contributed by atoms with Crippen LogP contribution in [0.2, 0.25) is 0 Å². The number of hydrogen-bond acceptors (Lipinski definition) is 3. The largest absolute Gasteiger partial charge is 0.310 e. The van der Waals surface area contributed by atoms with Crippen LogP contribution in [0.15, 0.2) is 24.3 Å². The molecule has 3 rings (SSSR count). The lowest BCUT2D eigenvalue weighted by atomic mass is 9.97. The summed E-state index contributed by atoms with van der Waals surface area (Å²) in [7, 11) is 0. The Morgan fingerprint density at radius 3 is 2.89 bits per heavy atom. The van der Waals surface area contributed by atoms with E-state index in [-0.39, 0.29) is 6.04 Å². The van der Waals surface area contributed by atoms with E-state index >= 15 is 0 Å². The lowest BCUT2D eigenvalue weighted by Gasteiger charge is -2.27. The Morgan fingerprint density at radius 1 is 1.26 bits per heavy atom. The molecule has 1 aliphatic heterocycles. The maximum Gasteiger partial charge on any atom is 0.150 e. The average molecular weight is 256 g/mol. The molecule has 1 atom stereocenters. The molecule has 1 aliphatic rings. The monoisotopic (exact) mass is 256 g/mol. The fourth-order valence-electron chi connectivity index (χ4n) is 2.74. The molecular formula is C15H20N4. The Hall–Kier alpha value is -1.68. The van der Waals surface area contributed by atoms with Crippen molar-refractivity contribution in [3.8, 4) is 0 Å². The van der Waals surface area contributed by atoms with Gasteiger partial charge in [-0.05, 0) is 11.1 Å². The van der Waals surface area contributed by atoms with Crippen LogP contribution in [-0.4, -0.2) is 21.3 Å². The third-order valence-corrected chi connectivity index (χ3v) is 3.74. The lowest BCUT2D eigenvalue weighted by molar-refractivity contribution is 0.436. The van der Waals surface area contributed by atoms with Gasteiger partial charge in [0, 0.05) is 25.9 Å². The van der Waals surface area contributed by atoms with Gasteiger partial charge in [0.1, 0.15) is 5.82 Å². The van der Waals surface area contributed by atoms with Crippen LogP contribution in [0.3, 0.4) is 0 Å². The first-order chi connectivity index (χ1) is 9.33. The smallest absolute Gasteiger partial charge is 0.150 e. The molecule has 1 unspecified atom stereocenters. The number of rotatable bonds is 3. The standard InChI is InChI=1S/C15H20N4/c1-3-14-17-15(4-2)19(18-14)13-10-16-9-11-7-5-6-8-12(11)13/h5-8,13,16H,3-4,9-10H2,1-2H3. The highest BCUT2D eigenvalue weighted by Crippen LogP contribution is 2.26. The normalized spacial score (nSPS) is 18.3. The van der Waals surface area contributed by atoms with Crippen molar-refractivity contribution in [3.63, 3.8) is 0 Å². The summed E-state index contributed by atoms with van der Waals surface area (Å²) in [6.07, 6.45) is 1.81. The summed E-state index contributed by atoms with van der Waals surface area (Å²) in [6.45, 7) is 6.12. The molecule has 0 radical (unpaired) electrons. The van der Waals surface area contributed by atoms with E-state index in [4.69, 9.17) is 0 Å². The third kappa shape index (κ3) is 2.16. The number of aryl methyl sites for hydroxylation is 2. The Kier molecular flexibility index (Phi) is 3.34. The molecule has 2 aromatic rings. The fraction of sp³-hybridized carbons (Fsp3) is 0.467. The molecule has 0 saturated heterocycles. The minimum Gasteiger partial charge on any atom is -0.310 e. The van der Waals surface area contributed by atoms with Gasteiger partial charge in [-0.25, -0.2) is 9.67 Å². The SMILES string of the molecule is CCc1nc(CC)n(C2CNCc3ccccc32)n1. The quantitative estimate of drug-likeness (QED) is 0.914. The van der Waals surface area contributed by atoms with Crippen LogP contribution < -0.4 is 5.32 Å². The first-order valence-corrected chi connectivity index (χ1v) is 7.06. The number of aromatic nitrogens is 3. The van der Waals surface area contributed by atoms with Crippen molar-refractivity contribution < 1.29 is 0 Å². The van der Waals surface area contributed by atoms with Crippen LogP contribution in [0.25, 0.3) is 0 Å². The van der Waals surface area contributed by atoms with Crippen LogP contribution in [0.1, 0.15) is 42.7 Å². The molecule has 0 aliphatic carbocycles. The average Bonchev–Trinajstić information content (AvgIpc) is 2.90. The van der Waals surface area contributed by atoms with E-state index in [0.717, 1.165) is 37.6 Å². The first kappa shape index (κ1) is 12.4. The maximum absolute atomic E-state index is 4.69. The van der Waals surface area contributed by atoms with Crippen molar-refractivity contribution in [2.45, 2.75) is 39.3 Å². The highest BCUT2D eigenvalue weighted by molar-refractivity contribution is 5.32. The lowest BCUT2D eigenvalue weighted by Crippen LogP contribution is -2.33. The molecule has 0 spiro atoms. The van der Waals surface area contributed by atoms with Crippen molar-refractivity contribution >= 4 is 0 Å². The molecule has 4 nitrogen and oxygen atoms in total. The molecule has 0 fully saturated rings. The highest BCUT2D eigenvalue weighted by Gasteiger charge is 2.24. The van der Waals surface area contributed by atoms with Gasteiger partial charge >= 0.3 is 0 Å². The second-order valence-corrected chi connectivity index (χ2v) is 4.94. The van der Waals surface area contributed by atoms with E-state index in [0.29, 0.717) is 0 Å². The zero-order valence-corrected chi connectivity index (χ0v) is 11.6. The Balaban J connectivity index is 2.06. The Bertz CT molecular complexity index is 573. The van der Waals surface area contributed by atoms with Crippen molar-refractivity contribution in [2.24, 2.45) is 0 Å². The van der Waals surface area contributed by atoms with Crippen LogP contribution in [-0.2, 0) is 19.4 Å². The highest BCUT2D eigenvalue weighted by atomic mass is 15.4. The molecule has 0 amide bonds. The van der Waals surface area contributed by atoms with Gasteiger partial charge in [-0.3, -0.25) is 0 Å². The number of nitrogens with zero attached hydrogens (tertiary/aromatic N) is 3. The van der Waals surface area contributed by atoms with Crippen LogP contribution in [0, 0.1) is 0 Å². The van der Waals surface area contributed by atoms with E-state index in [9.17, 15) is 0 Å². The third-order valence-electron chi connectivity index (χ3n) is 3.74. The number of nitrogens with one attached hydrogen (secondary N) is 1. The molecule has 4 heteroatoms. The van der Waals surface area contributed by atoms with Gasteiger partial charge in [-0.1, -0.05) is 38.1 Å². The van der Waals surface area contributed by atoms with Gasteiger partial charge in [-0.2, -0.15) is 5.10 Å². The van der Waals surface area contributed by atoms with Crippen molar-refractivity contribution in [2.75, 3.05) is 6.54 Å². The molecular weight excluding hydrogens is 236 g/mol. The summed E-state index contributed by atoms with van der Waals surface area (Å²) < 4.78 is 2.11. The van der Waals surface area contributed by atoms with E-state index in [1.54, 1.807) is 0 Å². The molecule has 100 valence electrons. The topological polar surface area (TPSA) is 42.7 Å². The van der Waals surface area contributed by atoms with E-state index in [1.165, 1.54) is 11.1 Å². The predicted molar refractivity (Wildman–Crippen MR) is 75.1 cm³/mol. The summed E-state index contributed by atoms with van der Waals surface area (Å²) >= 11 is 0. The fourth-order valence-corrected chi connectivity index (χ4v) is 2.74. The Labute approximate surface area is 113 Å². The molecule has 1 N–H and O–H groups in total. The van der Waals surface area contributed by atoms with Gasteiger partial charge < -0.3 is 5.32 Å². The number of fused-ring (bicyclic) bond motifs is 1. The van der Waals surface area contributed by atoms with E-state index < -0.39 is 0 Å². The molecule has 1 aromatic carbocycles. The summed E-state index contributed by atoms with van der Waals surface area (Å²) in [6, 6.07) is 8.89. The van der Waals surface area contributed by atoms with Crippen LogP contribution >= 0.6 is 0 Å².